The molecular formula is C5H9HfO. The maximum absolute atomic E-state index is 5.34. The summed E-state index contributed by atoms with van der Waals surface area (Å²) in [6, 6.07) is 0. The minimum atomic E-state index is 0.675. The Morgan fingerprint density at radius 1 is 1.43 bits per heavy atom. The summed E-state index contributed by atoms with van der Waals surface area (Å²) in [5, 5.41) is 0. The normalized spacial score (nSPS) is 32.7. The van der Waals surface area contributed by atoms with Crippen LogP contribution in [0.15, 0.2) is 0 Å². The van der Waals surface area contributed by atoms with Crippen LogP contribution in [0.4, 0.5) is 0 Å². The third-order valence-corrected chi connectivity index (χ3v) is 2.82. The summed E-state index contributed by atoms with van der Waals surface area (Å²) in [6.07, 6.45) is 4.01. The van der Waals surface area contributed by atoms with Crippen LogP contribution in [0.2, 0.25) is 0 Å². The van der Waals surface area contributed by atoms with E-state index in [2.05, 4.69) is 0 Å². The van der Waals surface area contributed by atoms with Crippen LogP contribution in [0.25, 0.3) is 0 Å². The van der Waals surface area contributed by atoms with Crippen molar-refractivity contribution in [2.24, 2.45) is 0 Å². The van der Waals surface area contributed by atoms with Crippen molar-refractivity contribution in [1.29, 1.82) is 0 Å². The Labute approximate surface area is 59.0 Å². The molecule has 0 aromatic carbocycles. The van der Waals surface area contributed by atoms with Crippen molar-refractivity contribution in [3.63, 3.8) is 0 Å². The molecule has 0 aromatic heterocycles. The van der Waals surface area contributed by atoms with Crippen LogP contribution in [0.1, 0.15) is 19.3 Å². The molecule has 7 heavy (non-hydrogen) atoms. The molecule has 0 amide bonds. The van der Waals surface area contributed by atoms with Crippen LogP contribution in [-0.2, 0) is 29.1 Å². The van der Waals surface area contributed by atoms with Gasteiger partial charge in [-0.15, -0.1) is 0 Å². The molecule has 1 atom stereocenters. The zero-order chi connectivity index (χ0) is 5.11. The first-order valence-corrected chi connectivity index (χ1v) is 4.80. The average Bonchev–Trinajstić information content (AvgIpc) is 1.69. The van der Waals surface area contributed by atoms with E-state index in [-0.39, 0.29) is 0 Å². The van der Waals surface area contributed by atoms with E-state index in [1.165, 1.54) is 43.6 Å². The molecule has 1 heterocycles. The number of ether oxygens (including phenoxy) is 1. The Kier molecular flexibility index (Phi) is 2.53. The summed E-state index contributed by atoms with van der Waals surface area (Å²) >= 11 is 1.23. The molecule has 1 rings (SSSR count). The number of rotatable bonds is 0. The van der Waals surface area contributed by atoms with Gasteiger partial charge in [-0.05, 0) is 0 Å². The van der Waals surface area contributed by atoms with Crippen molar-refractivity contribution < 1.29 is 29.1 Å². The second-order valence-corrected chi connectivity index (χ2v) is 4.17. The van der Waals surface area contributed by atoms with E-state index in [4.69, 9.17) is 4.74 Å². The zero-order valence-corrected chi connectivity index (χ0v) is 7.91. The molecule has 1 saturated heterocycles. The van der Waals surface area contributed by atoms with E-state index >= 15 is 0 Å². The molecule has 1 aliphatic heterocycles. The number of hydrogen-bond donors (Lipinski definition) is 0. The molecule has 0 saturated carbocycles. The summed E-state index contributed by atoms with van der Waals surface area (Å²) < 4.78 is 6.01. The van der Waals surface area contributed by atoms with Crippen molar-refractivity contribution in [1.82, 2.24) is 0 Å². The molecule has 0 bridgehead atoms. The maximum atomic E-state index is 5.34. The van der Waals surface area contributed by atoms with Gasteiger partial charge in [-0.3, -0.25) is 0 Å². The third kappa shape index (κ3) is 2.04. The van der Waals surface area contributed by atoms with Crippen LogP contribution < -0.4 is 0 Å². The van der Waals surface area contributed by atoms with E-state index in [9.17, 15) is 0 Å². The van der Waals surface area contributed by atoms with Crippen LogP contribution in [-0.4, -0.2) is 10.5 Å². The van der Waals surface area contributed by atoms with E-state index < -0.39 is 0 Å². The second-order valence-electron chi connectivity index (χ2n) is 1.86. The molecule has 0 aliphatic carbocycles. The molecule has 0 aromatic rings. The first-order valence-electron chi connectivity index (χ1n) is 2.72. The van der Waals surface area contributed by atoms with Gasteiger partial charge in [0, 0.05) is 0 Å². The minimum absolute atomic E-state index is 0.675. The standard InChI is InChI=1S/C5H9O.Hf/c1-2-4-6-5-3-1;/h4H,1-3,5H2;. The van der Waals surface area contributed by atoms with E-state index in [1.807, 2.05) is 0 Å². The van der Waals surface area contributed by atoms with Gasteiger partial charge in [0.2, 0.25) is 0 Å². The monoisotopic (exact) mass is 265 g/mol. The Balaban J connectivity index is 2.12. The van der Waals surface area contributed by atoms with Crippen molar-refractivity contribution in [3.05, 3.63) is 0 Å². The first kappa shape index (κ1) is 5.96. The molecule has 1 unspecified atom stereocenters. The summed E-state index contributed by atoms with van der Waals surface area (Å²) in [6.45, 7) is 1.02. The summed E-state index contributed by atoms with van der Waals surface area (Å²) in [5.41, 5.74) is 0. The van der Waals surface area contributed by atoms with Crippen molar-refractivity contribution in [2.75, 3.05) is 6.61 Å². The summed E-state index contributed by atoms with van der Waals surface area (Å²) in [7, 11) is 0. The van der Waals surface area contributed by atoms with Crippen molar-refractivity contribution >= 4 is 0 Å². The topological polar surface area (TPSA) is 9.23 Å². The van der Waals surface area contributed by atoms with Gasteiger partial charge in [-0.25, -0.2) is 0 Å². The zero-order valence-electron chi connectivity index (χ0n) is 4.31. The van der Waals surface area contributed by atoms with Gasteiger partial charge in [0.15, 0.2) is 0 Å². The molecule has 0 radical (unpaired) electrons. The SMILES string of the molecule is [Hf][CH]1CCCCO1. The molecule has 0 spiro atoms. The van der Waals surface area contributed by atoms with Crippen LogP contribution in [0.5, 0.6) is 0 Å². The van der Waals surface area contributed by atoms with Gasteiger partial charge >= 0.3 is 58.8 Å². The third-order valence-electron chi connectivity index (χ3n) is 1.18. The van der Waals surface area contributed by atoms with E-state index in [0.717, 1.165) is 6.61 Å². The van der Waals surface area contributed by atoms with Gasteiger partial charge in [-0.2, -0.15) is 0 Å². The van der Waals surface area contributed by atoms with Gasteiger partial charge in [0.05, 0.1) is 0 Å². The fourth-order valence-electron chi connectivity index (χ4n) is 0.741. The van der Waals surface area contributed by atoms with Gasteiger partial charge in [0.1, 0.15) is 0 Å². The Bertz CT molecular complexity index is 50.0. The van der Waals surface area contributed by atoms with E-state index in [0.29, 0.717) is 3.86 Å². The molecule has 1 aliphatic rings. The van der Waals surface area contributed by atoms with E-state index in [1.54, 1.807) is 0 Å². The molecule has 39 valence electrons. The van der Waals surface area contributed by atoms with Gasteiger partial charge in [0.25, 0.3) is 0 Å². The van der Waals surface area contributed by atoms with Crippen LogP contribution in [0, 0.1) is 0 Å². The van der Waals surface area contributed by atoms with Gasteiger partial charge < -0.3 is 0 Å². The van der Waals surface area contributed by atoms with Crippen molar-refractivity contribution in [3.8, 4) is 0 Å². The predicted octanol–water partition coefficient (Wildman–Crippen LogP) is 1.06. The fraction of sp³-hybridized carbons (Fsp3) is 1.00. The average molecular weight is 264 g/mol. The number of hydrogen-bond acceptors (Lipinski definition) is 1. The molecular weight excluding hydrogens is 255 g/mol. The quantitative estimate of drug-likeness (QED) is 0.594. The molecule has 0 N–H and O–H groups in total. The summed E-state index contributed by atoms with van der Waals surface area (Å²) in [5.74, 6) is 0. The van der Waals surface area contributed by atoms with Gasteiger partial charge in [-0.1, -0.05) is 0 Å². The summed E-state index contributed by atoms with van der Waals surface area (Å²) in [4.78, 5) is 0. The Morgan fingerprint density at radius 3 is 2.57 bits per heavy atom. The van der Waals surface area contributed by atoms with Crippen LogP contribution in [0.3, 0.4) is 0 Å². The molecule has 1 fully saturated rings. The Hall–Kier alpha value is 0.830. The molecule has 2 heteroatoms. The first-order chi connectivity index (χ1) is 3.39. The van der Waals surface area contributed by atoms with Crippen LogP contribution >= 0.6 is 0 Å². The molecule has 1 nitrogen and oxygen atoms in total. The second kappa shape index (κ2) is 2.98. The van der Waals surface area contributed by atoms with Crippen molar-refractivity contribution in [2.45, 2.75) is 23.1 Å². The Morgan fingerprint density at radius 2 is 2.29 bits per heavy atom. The predicted molar refractivity (Wildman–Crippen MR) is 23.6 cm³/mol. The fourth-order valence-corrected chi connectivity index (χ4v) is 1.90.